The Balaban J connectivity index is 1.07. The van der Waals surface area contributed by atoms with E-state index in [1.807, 2.05) is 11.8 Å². The van der Waals surface area contributed by atoms with E-state index in [1.54, 1.807) is 0 Å². The van der Waals surface area contributed by atoms with Gasteiger partial charge >= 0.3 is 0 Å². The van der Waals surface area contributed by atoms with E-state index in [2.05, 4.69) is 180 Å². The van der Waals surface area contributed by atoms with Crippen molar-refractivity contribution in [2.24, 2.45) is 0 Å². The Morgan fingerprint density at radius 2 is 1.00 bits per heavy atom. The molecule has 1 aromatic heterocycles. The van der Waals surface area contributed by atoms with Crippen LogP contribution in [-0.2, 0) is 0 Å². The van der Waals surface area contributed by atoms with Crippen molar-refractivity contribution >= 4 is 65.9 Å². The molecule has 9 aromatic carbocycles. The fourth-order valence-electron chi connectivity index (χ4n) is 8.32. The molecule has 10 aromatic rings. The lowest BCUT2D eigenvalue weighted by Gasteiger charge is -2.21. The SMILES string of the molecule is c1ccc(-c2ccc3c(c2)-c2cccc4cccc(c24)S3)c(-c2ccc(-n3c4ccc5ccccc5c4c4ccc5ccccc5c43)cc2)c1. The average molecular weight is 652 g/mol. The van der Waals surface area contributed by atoms with Crippen LogP contribution < -0.4 is 0 Å². The highest BCUT2D eigenvalue weighted by atomic mass is 32.2. The monoisotopic (exact) mass is 651 g/mol. The van der Waals surface area contributed by atoms with Crippen molar-refractivity contribution < 1.29 is 0 Å². The van der Waals surface area contributed by atoms with E-state index in [0.717, 1.165) is 5.69 Å². The van der Waals surface area contributed by atoms with Crippen LogP contribution in [-0.4, -0.2) is 4.57 Å². The number of nitrogens with zero attached hydrogens (tertiary/aromatic N) is 1. The lowest BCUT2D eigenvalue weighted by molar-refractivity contribution is 1.19. The van der Waals surface area contributed by atoms with Crippen LogP contribution in [0.15, 0.2) is 186 Å². The molecule has 0 saturated carbocycles. The Kier molecular flexibility index (Phi) is 5.96. The molecule has 0 amide bonds. The number of hydrogen-bond acceptors (Lipinski definition) is 1. The molecule has 1 aliphatic heterocycles. The van der Waals surface area contributed by atoms with Gasteiger partial charge in [0.25, 0.3) is 0 Å². The summed E-state index contributed by atoms with van der Waals surface area (Å²) in [5.74, 6) is 0. The molecular weight excluding hydrogens is 623 g/mol. The van der Waals surface area contributed by atoms with Gasteiger partial charge in [0.05, 0.1) is 11.0 Å². The van der Waals surface area contributed by atoms with Crippen LogP contribution >= 0.6 is 11.8 Å². The summed E-state index contributed by atoms with van der Waals surface area (Å²) in [7, 11) is 0. The van der Waals surface area contributed by atoms with Crippen molar-refractivity contribution in [3.8, 4) is 39.1 Å². The average Bonchev–Trinajstić information content (AvgIpc) is 3.54. The maximum absolute atomic E-state index is 2.47. The van der Waals surface area contributed by atoms with Crippen molar-refractivity contribution in [3.63, 3.8) is 0 Å². The predicted octanol–water partition coefficient (Wildman–Crippen LogP) is 13.7. The van der Waals surface area contributed by atoms with Crippen molar-refractivity contribution in [1.29, 1.82) is 0 Å². The number of rotatable bonds is 3. The molecule has 0 saturated heterocycles. The van der Waals surface area contributed by atoms with Crippen molar-refractivity contribution in [2.75, 3.05) is 0 Å². The molecule has 0 N–H and O–H groups in total. The van der Waals surface area contributed by atoms with Gasteiger partial charge in [-0.05, 0) is 91.3 Å². The lowest BCUT2D eigenvalue weighted by atomic mass is 9.91. The molecule has 0 fully saturated rings. The number of fused-ring (bicyclic) bond motifs is 9. The van der Waals surface area contributed by atoms with Crippen LogP contribution in [0.4, 0.5) is 0 Å². The molecule has 2 heteroatoms. The van der Waals surface area contributed by atoms with E-state index >= 15 is 0 Å². The summed E-state index contributed by atoms with van der Waals surface area (Å²) < 4.78 is 2.47. The zero-order chi connectivity index (χ0) is 32.8. The first-order chi connectivity index (χ1) is 24.8. The highest BCUT2D eigenvalue weighted by Crippen LogP contribution is 2.49. The molecule has 0 unspecified atom stereocenters. The third-order valence-corrected chi connectivity index (χ3v) is 11.7. The fourth-order valence-corrected chi connectivity index (χ4v) is 9.45. The first-order valence-electron chi connectivity index (χ1n) is 17.2. The van der Waals surface area contributed by atoms with Crippen molar-refractivity contribution in [1.82, 2.24) is 4.57 Å². The third-order valence-electron chi connectivity index (χ3n) is 10.6. The van der Waals surface area contributed by atoms with E-state index < -0.39 is 0 Å². The second-order valence-electron chi connectivity index (χ2n) is 13.3. The Morgan fingerprint density at radius 3 is 1.84 bits per heavy atom. The molecule has 0 aliphatic carbocycles. The smallest absolute Gasteiger partial charge is 0.0619 e. The van der Waals surface area contributed by atoms with E-state index in [-0.39, 0.29) is 0 Å². The maximum atomic E-state index is 2.47. The van der Waals surface area contributed by atoms with Crippen LogP contribution in [0.5, 0.6) is 0 Å². The second-order valence-corrected chi connectivity index (χ2v) is 14.3. The van der Waals surface area contributed by atoms with E-state index in [9.17, 15) is 0 Å². The summed E-state index contributed by atoms with van der Waals surface area (Å²) in [5.41, 5.74) is 11.2. The van der Waals surface area contributed by atoms with Gasteiger partial charge in [-0.2, -0.15) is 0 Å². The minimum Gasteiger partial charge on any atom is -0.309 e. The van der Waals surface area contributed by atoms with Gasteiger partial charge in [-0.15, -0.1) is 0 Å². The van der Waals surface area contributed by atoms with Crippen molar-refractivity contribution in [3.05, 3.63) is 176 Å². The van der Waals surface area contributed by atoms with Gasteiger partial charge in [0.2, 0.25) is 0 Å². The number of benzene rings is 9. The summed E-state index contributed by atoms with van der Waals surface area (Å²) in [6, 6.07) is 65.0. The van der Waals surface area contributed by atoms with Gasteiger partial charge in [-0.1, -0.05) is 151 Å². The molecule has 50 heavy (non-hydrogen) atoms. The van der Waals surface area contributed by atoms with E-state index in [1.165, 1.54) is 97.3 Å². The highest BCUT2D eigenvalue weighted by molar-refractivity contribution is 7.99. The van der Waals surface area contributed by atoms with E-state index in [4.69, 9.17) is 0 Å². The van der Waals surface area contributed by atoms with Crippen LogP contribution in [0, 0.1) is 0 Å². The fraction of sp³-hybridized carbons (Fsp3) is 0. The van der Waals surface area contributed by atoms with Crippen LogP contribution in [0.1, 0.15) is 0 Å². The van der Waals surface area contributed by atoms with Gasteiger partial charge in [0, 0.05) is 37.0 Å². The number of hydrogen-bond donors (Lipinski definition) is 0. The molecule has 1 aliphatic rings. The van der Waals surface area contributed by atoms with E-state index in [0.29, 0.717) is 0 Å². The van der Waals surface area contributed by atoms with Gasteiger partial charge < -0.3 is 4.57 Å². The van der Waals surface area contributed by atoms with Crippen molar-refractivity contribution in [2.45, 2.75) is 9.79 Å². The quantitative estimate of drug-likeness (QED) is 0.184. The molecule has 2 heterocycles. The largest absolute Gasteiger partial charge is 0.309 e. The zero-order valence-electron chi connectivity index (χ0n) is 27.1. The van der Waals surface area contributed by atoms with Gasteiger partial charge in [0.15, 0.2) is 0 Å². The lowest BCUT2D eigenvalue weighted by Crippen LogP contribution is -1.95. The summed E-state index contributed by atoms with van der Waals surface area (Å²) in [4.78, 5) is 2.65. The minimum atomic E-state index is 1.16. The Hall–Kier alpha value is -6.09. The molecule has 0 spiro atoms. The Bertz CT molecular complexity index is 3000. The van der Waals surface area contributed by atoms with Crippen LogP contribution in [0.2, 0.25) is 0 Å². The molecule has 11 rings (SSSR count). The third kappa shape index (κ3) is 4.03. The Labute approximate surface area is 294 Å². The molecule has 0 radical (unpaired) electrons. The van der Waals surface area contributed by atoms with Gasteiger partial charge in [-0.3, -0.25) is 0 Å². The minimum absolute atomic E-state index is 1.16. The molecule has 0 atom stereocenters. The molecular formula is C48H29NS. The highest BCUT2D eigenvalue weighted by Gasteiger charge is 2.21. The maximum Gasteiger partial charge on any atom is 0.0619 e. The van der Waals surface area contributed by atoms with Crippen LogP contribution in [0.3, 0.4) is 0 Å². The molecule has 0 bridgehead atoms. The first kappa shape index (κ1) is 27.8. The zero-order valence-corrected chi connectivity index (χ0v) is 27.9. The predicted molar refractivity (Wildman–Crippen MR) is 214 cm³/mol. The summed E-state index contributed by atoms with van der Waals surface area (Å²) in [6.07, 6.45) is 0. The first-order valence-corrected chi connectivity index (χ1v) is 18.0. The summed E-state index contributed by atoms with van der Waals surface area (Å²) in [5, 5.41) is 10.3. The molecule has 232 valence electrons. The van der Waals surface area contributed by atoms with Crippen LogP contribution in [0.25, 0.3) is 93.2 Å². The standard InChI is InChI=1S/C48H29NS/c1-3-15-38-30(9-1)22-27-43-47(38)41-26-21-31-10-2-4-16-39(31)48(41)49(43)35-24-19-32(20-25-35)36-13-5-6-14-37(36)34-23-28-44-42(29-34)40-17-7-11-33-12-8-18-45(50-44)46(33)40/h1-29H. The number of aromatic nitrogens is 1. The van der Waals surface area contributed by atoms with Gasteiger partial charge in [-0.25, -0.2) is 0 Å². The topological polar surface area (TPSA) is 4.93 Å². The second kappa shape index (κ2) is 10.7. The normalized spacial score (nSPS) is 12.3. The molecule has 1 nitrogen and oxygen atoms in total. The Morgan fingerprint density at radius 1 is 0.360 bits per heavy atom. The summed E-state index contributed by atoms with van der Waals surface area (Å²) >= 11 is 1.88. The van der Waals surface area contributed by atoms with Gasteiger partial charge in [0.1, 0.15) is 0 Å². The summed E-state index contributed by atoms with van der Waals surface area (Å²) in [6.45, 7) is 0.